The topological polar surface area (TPSA) is 77.2 Å². The van der Waals surface area contributed by atoms with Crippen LogP contribution in [-0.4, -0.2) is 29.4 Å². The number of nitrogens with two attached hydrogens (primary N) is 1. The van der Waals surface area contributed by atoms with Crippen molar-refractivity contribution in [3.05, 3.63) is 23.8 Å². The highest BCUT2D eigenvalue weighted by atomic mass is 32.2. The fraction of sp³-hybridized carbons (Fsp3) is 0.571. The first-order valence-corrected chi connectivity index (χ1v) is 9.91. The molecular formula is C14H21NO3S2. The molecule has 3 atom stereocenters. The van der Waals surface area contributed by atoms with Gasteiger partial charge >= 0.3 is 0 Å². The van der Waals surface area contributed by atoms with E-state index in [9.17, 15) is 12.6 Å². The van der Waals surface area contributed by atoms with Crippen molar-refractivity contribution in [3.8, 4) is 0 Å². The van der Waals surface area contributed by atoms with Crippen LogP contribution in [0.3, 0.4) is 0 Å². The first kappa shape index (κ1) is 15.5. The van der Waals surface area contributed by atoms with Crippen LogP contribution in [0.15, 0.2) is 23.1 Å². The summed E-state index contributed by atoms with van der Waals surface area (Å²) in [6, 6.07) is 5.49. The number of anilines is 1. The van der Waals surface area contributed by atoms with Gasteiger partial charge in [0, 0.05) is 17.2 Å². The number of rotatable bonds is 3. The number of aryl methyl sites for hydroxylation is 1. The van der Waals surface area contributed by atoms with Crippen LogP contribution in [0, 0.1) is 6.92 Å². The minimum atomic E-state index is -3.06. The Hall–Kier alpha value is -0.880. The van der Waals surface area contributed by atoms with E-state index in [2.05, 4.69) is 0 Å². The second-order valence-corrected chi connectivity index (χ2v) is 9.61. The molecule has 1 aromatic carbocycles. The molecule has 1 aromatic rings. The summed E-state index contributed by atoms with van der Waals surface area (Å²) in [7, 11) is -4.30. The lowest BCUT2D eigenvalue weighted by Crippen LogP contribution is -2.32. The van der Waals surface area contributed by atoms with Crippen molar-refractivity contribution < 1.29 is 12.6 Å². The number of hydrogen-bond acceptors (Lipinski definition) is 4. The molecular weight excluding hydrogens is 294 g/mol. The van der Waals surface area contributed by atoms with Crippen molar-refractivity contribution in [3.63, 3.8) is 0 Å². The molecule has 0 aliphatic heterocycles. The molecule has 1 fully saturated rings. The van der Waals surface area contributed by atoms with Crippen LogP contribution in [-0.2, 0) is 20.6 Å². The highest BCUT2D eigenvalue weighted by Crippen LogP contribution is 2.31. The number of benzene rings is 1. The van der Waals surface area contributed by atoms with E-state index in [-0.39, 0.29) is 10.5 Å². The molecule has 4 nitrogen and oxygen atoms in total. The third-order valence-corrected chi connectivity index (χ3v) is 7.33. The summed E-state index contributed by atoms with van der Waals surface area (Å²) in [5, 5.41) is -0.483. The fourth-order valence-electron chi connectivity index (χ4n) is 2.68. The Morgan fingerprint density at radius 1 is 1.30 bits per heavy atom. The minimum absolute atomic E-state index is 0.118. The highest BCUT2D eigenvalue weighted by molar-refractivity contribution is 7.91. The van der Waals surface area contributed by atoms with Crippen LogP contribution < -0.4 is 5.73 Å². The average molecular weight is 315 g/mol. The SMILES string of the molecule is Cc1ccc(N)c(S(=O)C2CCCC(S(C)(=O)=O)C2)c1. The predicted molar refractivity (Wildman–Crippen MR) is 82.9 cm³/mol. The van der Waals surface area contributed by atoms with E-state index in [0.717, 1.165) is 18.4 Å². The van der Waals surface area contributed by atoms with Crippen LogP contribution >= 0.6 is 0 Å². The van der Waals surface area contributed by atoms with Gasteiger partial charge in [-0.25, -0.2) is 8.42 Å². The Morgan fingerprint density at radius 3 is 2.65 bits per heavy atom. The van der Waals surface area contributed by atoms with Gasteiger partial charge in [-0.05, 0) is 43.9 Å². The highest BCUT2D eigenvalue weighted by Gasteiger charge is 2.32. The average Bonchev–Trinajstić information content (AvgIpc) is 2.40. The molecule has 6 heteroatoms. The summed E-state index contributed by atoms with van der Waals surface area (Å²) in [5.41, 5.74) is 7.44. The van der Waals surface area contributed by atoms with Gasteiger partial charge in [0.2, 0.25) is 0 Å². The molecule has 0 amide bonds. The van der Waals surface area contributed by atoms with Gasteiger partial charge in [-0.1, -0.05) is 12.5 Å². The van der Waals surface area contributed by atoms with Gasteiger partial charge in [0.15, 0.2) is 0 Å². The van der Waals surface area contributed by atoms with Crippen molar-refractivity contribution in [1.82, 2.24) is 0 Å². The summed E-state index contributed by atoms with van der Waals surface area (Å²) in [4.78, 5) is 0.643. The number of hydrogen-bond donors (Lipinski definition) is 1. The largest absolute Gasteiger partial charge is 0.398 e. The van der Waals surface area contributed by atoms with E-state index in [4.69, 9.17) is 5.73 Å². The second-order valence-electron chi connectivity index (χ2n) is 5.58. The van der Waals surface area contributed by atoms with E-state index in [1.165, 1.54) is 6.26 Å². The Labute approximate surface area is 123 Å². The zero-order valence-electron chi connectivity index (χ0n) is 11.8. The maximum atomic E-state index is 12.7. The van der Waals surface area contributed by atoms with Crippen LogP contribution in [0.25, 0.3) is 0 Å². The smallest absolute Gasteiger partial charge is 0.150 e. The Kier molecular flexibility index (Phi) is 4.54. The normalized spacial score (nSPS) is 25.3. The molecule has 112 valence electrons. The van der Waals surface area contributed by atoms with E-state index in [1.807, 2.05) is 19.1 Å². The van der Waals surface area contributed by atoms with Gasteiger partial charge in [-0.3, -0.25) is 4.21 Å². The molecule has 0 heterocycles. The Balaban J connectivity index is 2.23. The quantitative estimate of drug-likeness (QED) is 0.866. The van der Waals surface area contributed by atoms with Crippen LogP contribution in [0.1, 0.15) is 31.2 Å². The monoisotopic (exact) mass is 315 g/mol. The van der Waals surface area contributed by atoms with Gasteiger partial charge in [0.25, 0.3) is 0 Å². The summed E-state index contributed by atoms with van der Waals surface area (Å²) in [6.07, 6.45) is 4.02. The molecule has 1 aliphatic rings. The molecule has 0 radical (unpaired) electrons. The number of nitrogen functional groups attached to an aromatic ring is 1. The first-order valence-electron chi connectivity index (χ1n) is 6.74. The van der Waals surface area contributed by atoms with Crippen molar-refractivity contribution in [2.45, 2.75) is 48.0 Å². The zero-order valence-corrected chi connectivity index (χ0v) is 13.5. The van der Waals surface area contributed by atoms with Gasteiger partial charge < -0.3 is 5.73 Å². The maximum absolute atomic E-state index is 12.7. The van der Waals surface area contributed by atoms with Gasteiger partial charge in [-0.15, -0.1) is 0 Å². The Morgan fingerprint density at radius 2 is 2.00 bits per heavy atom. The molecule has 2 rings (SSSR count). The molecule has 20 heavy (non-hydrogen) atoms. The summed E-state index contributed by atoms with van der Waals surface area (Å²) in [6.45, 7) is 1.93. The standard InChI is InChI=1S/C14H21NO3S2/c1-10-6-7-13(15)14(8-10)19(16)11-4-3-5-12(9-11)20(2,17)18/h6-8,11-12H,3-5,9,15H2,1-2H3. The third kappa shape index (κ3) is 3.41. The van der Waals surface area contributed by atoms with Crippen LogP contribution in [0.5, 0.6) is 0 Å². The number of sulfone groups is 1. The molecule has 0 bridgehead atoms. The third-order valence-electron chi connectivity index (χ3n) is 3.87. The lowest BCUT2D eigenvalue weighted by molar-refractivity contribution is 0.487. The fourth-order valence-corrected chi connectivity index (χ4v) is 5.73. The molecule has 2 N–H and O–H groups in total. The maximum Gasteiger partial charge on any atom is 0.150 e. The second kappa shape index (κ2) is 5.85. The van der Waals surface area contributed by atoms with Crippen LogP contribution in [0.4, 0.5) is 5.69 Å². The molecule has 1 aliphatic carbocycles. The van der Waals surface area contributed by atoms with E-state index < -0.39 is 20.6 Å². The van der Waals surface area contributed by atoms with Gasteiger partial charge in [0.1, 0.15) is 9.84 Å². The Bertz CT molecular complexity index is 625. The van der Waals surface area contributed by atoms with Crippen molar-refractivity contribution in [2.75, 3.05) is 12.0 Å². The molecule has 0 spiro atoms. The van der Waals surface area contributed by atoms with Crippen molar-refractivity contribution in [1.29, 1.82) is 0 Å². The minimum Gasteiger partial charge on any atom is -0.398 e. The van der Waals surface area contributed by atoms with Gasteiger partial charge in [-0.2, -0.15) is 0 Å². The summed E-state index contributed by atoms with van der Waals surface area (Å²) >= 11 is 0. The van der Waals surface area contributed by atoms with Crippen molar-refractivity contribution in [2.24, 2.45) is 0 Å². The lowest BCUT2D eigenvalue weighted by atomic mass is 10.00. The molecule has 0 aromatic heterocycles. The van der Waals surface area contributed by atoms with E-state index in [0.29, 0.717) is 23.4 Å². The molecule has 0 saturated heterocycles. The van der Waals surface area contributed by atoms with E-state index in [1.54, 1.807) is 6.07 Å². The molecule has 1 saturated carbocycles. The zero-order chi connectivity index (χ0) is 14.9. The predicted octanol–water partition coefficient (Wildman–Crippen LogP) is 2.04. The summed E-state index contributed by atoms with van der Waals surface area (Å²) in [5.74, 6) is 0. The molecule has 3 unspecified atom stereocenters. The van der Waals surface area contributed by atoms with Gasteiger partial charge in [0.05, 0.1) is 20.9 Å². The lowest BCUT2D eigenvalue weighted by Gasteiger charge is -2.27. The van der Waals surface area contributed by atoms with Crippen molar-refractivity contribution >= 4 is 26.3 Å². The van der Waals surface area contributed by atoms with E-state index >= 15 is 0 Å². The summed E-state index contributed by atoms with van der Waals surface area (Å²) < 4.78 is 36.1. The first-order chi connectivity index (χ1) is 9.29. The van der Waals surface area contributed by atoms with Crippen LogP contribution in [0.2, 0.25) is 0 Å².